The Labute approximate surface area is 246 Å². The van der Waals surface area contributed by atoms with Gasteiger partial charge < -0.3 is 10.2 Å². The molecule has 2 amide bonds. The first kappa shape index (κ1) is 30.1. The largest absolute Gasteiger partial charge is 0.352 e. The van der Waals surface area contributed by atoms with Crippen LogP contribution in [0.25, 0.3) is 10.8 Å². The zero-order chi connectivity index (χ0) is 29.6. The summed E-state index contributed by atoms with van der Waals surface area (Å²) in [5.74, 6) is -0.858. The maximum Gasteiger partial charge on any atom is 0.244 e. The first-order valence-corrected chi connectivity index (χ1v) is 15.6. The lowest BCUT2D eigenvalue weighted by molar-refractivity contribution is -0.140. The second-order valence-electron chi connectivity index (χ2n) is 10.2. The Morgan fingerprint density at radius 1 is 0.854 bits per heavy atom. The Balaban J connectivity index is 1.79. The summed E-state index contributed by atoms with van der Waals surface area (Å²) in [6.07, 6.45) is 1.32. The fourth-order valence-electron chi connectivity index (χ4n) is 4.77. The van der Waals surface area contributed by atoms with E-state index in [-0.39, 0.29) is 24.9 Å². The maximum absolute atomic E-state index is 14.2. The van der Waals surface area contributed by atoms with Gasteiger partial charge in [0.1, 0.15) is 12.6 Å². The summed E-state index contributed by atoms with van der Waals surface area (Å²) in [6, 6.07) is 28.2. The molecular weight excluding hydrogens is 558 g/mol. The van der Waals surface area contributed by atoms with Crippen LogP contribution in [0.1, 0.15) is 25.0 Å². The molecule has 0 heterocycles. The molecule has 0 fully saturated rings. The van der Waals surface area contributed by atoms with E-state index in [1.165, 1.54) is 4.90 Å². The van der Waals surface area contributed by atoms with Gasteiger partial charge in [-0.3, -0.25) is 13.9 Å². The monoisotopic (exact) mass is 591 g/mol. The van der Waals surface area contributed by atoms with Crippen LogP contribution in [0, 0.1) is 0 Å². The van der Waals surface area contributed by atoms with E-state index in [0.29, 0.717) is 21.7 Å². The minimum absolute atomic E-state index is 0.0225. The molecule has 0 unspecified atom stereocenters. The molecule has 0 saturated heterocycles. The van der Waals surface area contributed by atoms with Crippen LogP contribution in [0.4, 0.5) is 5.69 Å². The van der Waals surface area contributed by atoms with Gasteiger partial charge in [0.25, 0.3) is 0 Å². The van der Waals surface area contributed by atoms with Gasteiger partial charge >= 0.3 is 0 Å². The Hall–Kier alpha value is -3.88. The highest BCUT2D eigenvalue weighted by Crippen LogP contribution is 2.29. The summed E-state index contributed by atoms with van der Waals surface area (Å²) in [5, 5.41) is 4.93. The van der Waals surface area contributed by atoms with Crippen LogP contribution in [0.3, 0.4) is 0 Å². The Bertz CT molecular complexity index is 1620. The van der Waals surface area contributed by atoms with Crippen molar-refractivity contribution < 1.29 is 18.0 Å². The number of rotatable bonds is 11. The quantitative estimate of drug-likeness (QED) is 0.252. The van der Waals surface area contributed by atoms with Crippen LogP contribution < -0.4 is 9.62 Å². The molecule has 0 aromatic heterocycles. The van der Waals surface area contributed by atoms with Gasteiger partial charge in [0.2, 0.25) is 21.8 Å². The third-order valence-electron chi connectivity index (χ3n) is 6.72. The average Bonchev–Trinajstić information content (AvgIpc) is 2.93. The summed E-state index contributed by atoms with van der Waals surface area (Å²) in [4.78, 5) is 29.3. The minimum Gasteiger partial charge on any atom is -0.352 e. The molecular formula is C32H34ClN3O4S. The van der Waals surface area contributed by atoms with E-state index < -0.39 is 28.5 Å². The highest BCUT2D eigenvalue weighted by Gasteiger charge is 2.33. The standard InChI is InChI=1S/C32H34ClN3O4S/c1-23(2)34-32(38)30(20-24-12-5-4-6-13-24)35(21-26-15-8-10-18-28(26)33)31(37)22-36(41(3,39)40)29-19-11-16-25-14-7-9-17-27(25)29/h4-19,23,30H,20-22H2,1-3H3,(H,34,38)/t30-/m0/s1. The molecule has 0 saturated carbocycles. The lowest BCUT2D eigenvalue weighted by Crippen LogP contribution is -2.54. The van der Waals surface area contributed by atoms with Gasteiger partial charge in [-0.2, -0.15) is 0 Å². The second-order valence-corrected chi connectivity index (χ2v) is 12.6. The number of hydrogen-bond acceptors (Lipinski definition) is 4. The Morgan fingerprint density at radius 3 is 2.17 bits per heavy atom. The number of nitrogens with one attached hydrogen (secondary N) is 1. The Morgan fingerprint density at radius 2 is 1.49 bits per heavy atom. The molecule has 214 valence electrons. The zero-order valence-electron chi connectivity index (χ0n) is 23.3. The SMILES string of the molecule is CC(C)NC(=O)[C@H](Cc1ccccc1)N(Cc1ccccc1Cl)C(=O)CN(c1cccc2ccccc12)S(C)(=O)=O. The fraction of sp³-hybridized carbons (Fsp3) is 0.250. The zero-order valence-corrected chi connectivity index (χ0v) is 24.9. The van der Waals surface area contributed by atoms with Crippen LogP contribution in [0.2, 0.25) is 5.02 Å². The van der Waals surface area contributed by atoms with Crippen molar-refractivity contribution in [3.8, 4) is 0 Å². The molecule has 9 heteroatoms. The van der Waals surface area contributed by atoms with E-state index in [9.17, 15) is 18.0 Å². The Kier molecular flexibility index (Phi) is 9.68. The molecule has 0 aliphatic rings. The topological polar surface area (TPSA) is 86.8 Å². The number of sulfonamides is 1. The lowest BCUT2D eigenvalue weighted by atomic mass is 10.0. The molecule has 1 atom stereocenters. The molecule has 0 aliphatic carbocycles. The van der Waals surface area contributed by atoms with Crippen molar-refractivity contribution in [3.63, 3.8) is 0 Å². The fourth-order valence-corrected chi connectivity index (χ4v) is 5.82. The van der Waals surface area contributed by atoms with Crippen LogP contribution >= 0.6 is 11.6 Å². The molecule has 0 spiro atoms. The highest BCUT2D eigenvalue weighted by molar-refractivity contribution is 7.92. The summed E-state index contributed by atoms with van der Waals surface area (Å²) in [5.41, 5.74) is 1.90. The summed E-state index contributed by atoms with van der Waals surface area (Å²) >= 11 is 6.50. The van der Waals surface area contributed by atoms with E-state index >= 15 is 0 Å². The molecule has 7 nitrogen and oxygen atoms in total. The number of nitrogens with zero attached hydrogens (tertiary/aromatic N) is 2. The van der Waals surface area contributed by atoms with Crippen LogP contribution in [-0.4, -0.2) is 50.0 Å². The first-order chi connectivity index (χ1) is 19.5. The van der Waals surface area contributed by atoms with E-state index in [1.54, 1.807) is 30.3 Å². The molecule has 4 aromatic carbocycles. The predicted octanol–water partition coefficient (Wildman–Crippen LogP) is 5.42. The smallest absolute Gasteiger partial charge is 0.244 e. The summed E-state index contributed by atoms with van der Waals surface area (Å²) < 4.78 is 27.4. The van der Waals surface area contributed by atoms with Gasteiger partial charge in [-0.25, -0.2) is 8.42 Å². The van der Waals surface area contributed by atoms with Gasteiger partial charge in [0.05, 0.1) is 11.9 Å². The number of benzene rings is 4. The number of halogens is 1. The third-order valence-corrected chi connectivity index (χ3v) is 8.21. The lowest BCUT2D eigenvalue weighted by Gasteiger charge is -2.34. The number of fused-ring (bicyclic) bond motifs is 1. The minimum atomic E-state index is -3.88. The summed E-state index contributed by atoms with van der Waals surface area (Å²) in [7, 11) is -3.88. The molecule has 4 rings (SSSR count). The van der Waals surface area contributed by atoms with Crippen LogP contribution in [-0.2, 0) is 32.6 Å². The maximum atomic E-state index is 14.2. The number of anilines is 1. The number of hydrogen-bond donors (Lipinski definition) is 1. The van der Waals surface area contributed by atoms with Crippen molar-refractivity contribution in [2.75, 3.05) is 17.1 Å². The molecule has 41 heavy (non-hydrogen) atoms. The third kappa shape index (κ3) is 7.65. The molecule has 1 N–H and O–H groups in total. The van der Waals surface area contributed by atoms with E-state index in [4.69, 9.17) is 11.6 Å². The van der Waals surface area contributed by atoms with Crippen LogP contribution in [0.5, 0.6) is 0 Å². The summed E-state index contributed by atoms with van der Waals surface area (Å²) in [6.45, 7) is 3.24. The van der Waals surface area contributed by atoms with Crippen LogP contribution in [0.15, 0.2) is 97.1 Å². The van der Waals surface area contributed by atoms with Crippen molar-refractivity contribution in [1.82, 2.24) is 10.2 Å². The molecule has 0 bridgehead atoms. The van der Waals surface area contributed by atoms with Crippen molar-refractivity contribution in [2.24, 2.45) is 0 Å². The van der Waals surface area contributed by atoms with E-state index in [2.05, 4.69) is 5.32 Å². The highest BCUT2D eigenvalue weighted by atomic mass is 35.5. The van der Waals surface area contributed by atoms with Gasteiger partial charge in [-0.1, -0.05) is 96.5 Å². The van der Waals surface area contributed by atoms with Gasteiger partial charge in [-0.05, 0) is 42.5 Å². The van der Waals surface area contributed by atoms with Gasteiger partial charge in [0.15, 0.2) is 0 Å². The van der Waals surface area contributed by atoms with Crippen molar-refractivity contribution in [3.05, 3.63) is 113 Å². The van der Waals surface area contributed by atoms with Gasteiger partial charge in [0, 0.05) is 29.4 Å². The van der Waals surface area contributed by atoms with E-state index in [1.807, 2.05) is 80.6 Å². The number of carbonyl (C=O) groups excluding carboxylic acids is 2. The predicted molar refractivity (Wildman–Crippen MR) is 165 cm³/mol. The van der Waals surface area contributed by atoms with E-state index in [0.717, 1.165) is 21.5 Å². The second kappa shape index (κ2) is 13.2. The van der Waals surface area contributed by atoms with Gasteiger partial charge in [-0.15, -0.1) is 0 Å². The first-order valence-electron chi connectivity index (χ1n) is 13.4. The van der Waals surface area contributed by atoms with Crippen molar-refractivity contribution >= 4 is 49.9 Å². The number of carbonyl (C=O) groups is 2. The molecule has 0 aliphatic heterocycles. The van der Waals surface area contributed by atoms with Crippen molar-refractivity contribution in [2.45, 2.75) is 38.9 Å². The average molecular weight is 592 g/mol. The molecule has 4 aromatic rings. The normalized spacial score (nSPS) is 12.2. The number of amides is 2. The van der Waals surface area contributed by atoms with Crippen molar-refractivity contribution in [1.29, 1.82) is 0 Å². The molecule has 0 radical (unpaired) electrons.